The van der Waals surface area contributed by atoms with Gasteiger partial charge in [-0.2, -0.15) is 0 Å². The zero-order valence-electron chi connectivity index (χ0n) is 21.9. The van der Waals surface area contributed by atoms with Gasteiger partial charge in [0, 0.05) is 49.4 Å². The predicted octanol–water partition coefficient (Wildman–Crippen LogP) is 5.27. The largest absolute Gasteiger partial charge is 0.444 e. The second-order valence-electron chi connectivity index (χ2n) is 11.0. The van der Waals surface area contributed by atoms with Crippen molar-refractivity contribution in [3.63, 3.8) is 0 Å². The lowest BCUT2D eigenvalue weighted by molar-refractivity contribution is 0.0103. The van der Waals surface area contributed by atoms with Gasteiger partial charge in [0.05, 0.1) is 11.4 Å². The van der Waals surface area contributed by atoms with E-state index in [0.717, 1.165) is 29.7 Å². The highest BCUT2D eigenvalue weighted by Gasteiger charge is 2.36. The quantitative estimate of drug-likeness (QED) is 0.509. The second-order valence-corrected chi connectivity index (χ2v) is 11.0. The molecule has 0 spiro atoms. The van der Waals surface area contributed by atoms with Crippen molar-refractivity contribution in [1.82, 2.24) is 19.3 Å². The summed E-state index contributed by atoms with van der Waals surface area (Å²) in [5, 5.41) is 2.70. The summed E-state index contributed by atoms with van der Waals surface area (Å²) >= 11 is 0. The number of hydrogen-bond acceptors (Lipinski definition) is 5. The van der Waals surface area contributed by atoms with Crippen LogP contribution in [0.3, 0.4) is 0 Å². The predicted molar refractivity (Wildman–Crippen MR) is 139 cm³/mol. The van der Waals surface area contributed by atoms with E-state index in [4.69, 9.17) is 4.74 Å². The molecule has 1 fully saturated rings. The number of urea groups is 1. The Morgan fingerprint density at radius 1 is 1.22 bits per heavy atom. The molecule has 3 amide bonds. The normalized spacial score (nSPS) is 19.7. The third-order valence-corrected chi connectivity index (χ3v) is 7.00. The molecule has 1 N–H and O–H groups in total. The summed E-state index contributed by atoms with van der Waals surface area (Å²) in [6.07, 6.45) is 7.04. The third kappa shape index (κ3) is 4.97. The maximum absolute atomic E-state index is 14.7. The number of aromatic nitrogens is 3. The van der Waals surface area contributed by atoms with E-state index >= 15 is 0 Å². The van der Waals surface area contributed by atoms with Crippen LogP contribution in [0, 0.1) is 12.7 Å². The van der Waals surface area contributed by atoms with Gasteiger partial charge < -0.3 is 19.4 Å². The molecule has 5 rings (SSSR count). The van der Waals surface area contributed by atoms with Crippen molar-refractivity contribution >= 4 is 29.3 Å². The highest BCUT2D eigenvalue weighted by atomic mass is 19.1. The van der Waals surface area contributed by atoms with Gasteiger partial charge >= 0.3 is 12.1 Å². The summed E-state index contributed by atoms with van der Waals surface area (Å²) in [7, 11) is 0. The molecule has 9 nitrogen and oxygen atoms in total. The van der Waals surface area contributed by atoms with Crippen LogP contribution in [0.2, 0.25) is 0 Å². The van der Waals surface area contributed by atoms with Crippen LogP contribution < -0.4 is 10.2 Å². The van der Waals surface area contributed by atoms with Crippen LogP contribution in [0.25, 0.3) is 5.65 Å². The van der Waals surface area contributed by atoms with Gasteiger partial charge in [-0.3, -0.25) is 4.90 Å². The molecule has 0 saturated carbocycles. The first-order valence-electron chi connectivity index (χ1n) is 12.7. The Bertz CT molecular complexity index is 1360. The molecule has 1 unspecified atom stereocenters. The number of rotatable bonds is 2. The molecular formula is C27H33FN6O3. The Labute approximate surface area is 215 Å². The average molecular weight is 509 g/mol. The lowest BCUT2D eigenvalue weighted by Gasteiger charge is -2.39. The number of imidazole rings is 1. The van der Waals surface area contributed by atoms with Gasteiger partial charge in [-0.1, -0.05) is 0 Å². The van der Waals surface area contributed by atoms with Crippen LogP contribution in [0.15, 0.2) is 30.7 Å². The van der Waals surface area contributed by atoms with Gasteiger partial charge in [0.25, 0.3) is 0 Å². The molecule has 10 heteroatoms. The van der Waals surface area contributed by atoms with E-state index < -0.39 is 17.4 Å². The molecule has 2 aliphatic heterocycles. The lowest BCUT2D eigenvalue weighted by atomic mass is 9.84. The number of aryl methyl sites for hydroxylation is 1. The van der Waals surface area contributed by atoms with Crippen molar-refractivity contribution in [3.8, 4) is 0 Å². The van der Waals surface area contributed by atoms with Gasteiger partial charge in [-0.05, 0) is 71.4 Å². The number of hydrogen-bond donors (Lipinski definition) is 1. The number of halogens is 1. The van der Waals surface area contributed by atoms with E-state index in [9.17, 15) is 14.0 Å². The number of pyridine rings is 2. The van der Waals surface area contributed by atoms with E-state index in [1.165, 1.54) is 12.3 Å². The number of likely N-dealkylation sites (tertiary alicyclic amines) is 1. The summed E-state index contributed by atoms with van der Waals surface area (Å²) in [4.78, 5) is 37.9. The van der Waals surface area contributed by atoms with Crippen molar-refractivity contribution in [3.05, 3.63) is 53.4 Å². The van der Waals surface area contributed by atoms with Gasteiger partial charge in [-0.25, -0.2) is 23.9 Å². The number of nitrogens with zero attached hydrogens (tertiary/aromatic N) is 5. The zero-order chi connectivity index (χ0) is 26.5. The van der Waals surface area contributed by atoms with E-state index in [0.29, 0.717) is 31.0 Å². The minimum absolute atomic E-state index is 0.0305. The molecule has 196 valence electrons. The fourth-order valence-electron chi connectivity index (χ4n) is 5.35. The van der Waals surface area contributed by atoms with Crippen molar-refractivity contribution in [1.29, 1.82) is 0 Å². The minimum Gasteiger partial charge on any atom is -0.444 e. The Kier molecular flexibility index (Phi) is 6.29. The molecule has 0 bridgehead atoms. The number of ether oxygens (including phenoxy) is 1. The molecule has 0 aromatic carbocycles. The molecule has 3 aromatic heterocycles. The van der Waals surface area contributed by atoms with Crippen LogP contribution in [-0.2, 0) is 11.2 Å². The first-order chi connectivity index (χ1) is 17.5. The highest BCUT2D eigenvalue weighted by Crippen LogP contribution is 2.39. The minimum atomic E-state index is -0.543. The standard InChI is InChI=1S/C27H33FN6O3/c1-16-14-32-15-22(21(28)13-23(32)30-16)31-25(35)34-11-8-20-19(6-9-29-24(20)34)18-7-10-33(17(2)12-18)26(36)37-27(3,4)5/h6,9,13-15,17-18H,7-8,10-12H2,1-5H3,(H,31,35)/t17-,18?/m0/s1. The molecule has 3 aromatic rings. The molecule has 5 heterocycles. The Hall–Kier alpha value is -3.69. The smallest absolute Gasteiger partial charge is 0.410 e. The number of fused-ring (bicyclic) bond motifs is 2. The van der Waals surface area contributed by atoms with Crippen molar-refractivity contribution in [2.45, 2.75) is 71.4 Å². The topological polar surface area (TPSA) is 92.1 Å². The fourth-order valence-corrected chi connectivity index (χ4v) is 5.35. The van der Waals surface area contributed by atoms with E-state index in [2.05, 4.69) is 15.3 Å². The Balaban J connectivity index is 1.31. The van der Waals surface area contributed by atoms with Gasteiger partial charge in [0.1, 0.15) is 17.1 Å². The van der Waals surface area contributed by atoms with Crippen LogP contribution in [0.1, 0.15) is 63.3 Å². The van der Waals surface area contributed by atoms with Crippen molar-refractivity contribution in [2.24, 2.45) is 0 Å². The molecule has 0 aliphatic carbocycles. The first-order valence-corrected chi connectivity index (χ1v) is 12.7. The summed E-state index contributed by atoms with van der Waals surface area (Å²) in [6, 6.07) is 2.94. The molecule has 2 atom stereocenters. The number of carbonyl (C=O) groups excluding carboxylic acids is 2. The molecule has 0 radical (unpaired) electrons. The summed E-state index contributed by atoms with van der Waals surface area (Å²) in [6.45, 7) is 10.6. The summed E-state index contributed by atoms with van der Waals surface area (Å²) in [5.74, 6) is 0.313. The third-order valence-electron chi connectivity index (χ3n) is 7.00. The Morgan fingerprint density at radius 3 is 2.73 bits per heavy atom. The SMILES string of the molecule is Cc1cn2cc(NC(=O)N3CCc4c(C5CCN(C(=O)OC(C)(C)C)[C@@H](C)C5)ccnc43)c(F)cc2n1. The van der Waals surface area contributed by atoms with Gasteiger partial charge in [-0.15, -0.1) is 0 Å². The highest BCUT2D eigenvalue weighted by molar-refractivity contribution is 6.02. The molecular weight excluding hydrogens is 475 g/mol. The maximum Gasteiger partial charge on any atom is 0.410 e. The molecule has 37 heavy (non-hydrogen) atoms. The summed E-state index contributed by atoms with van der Waals surface area (Å²) in [5.41, 5.74) is 3.01. The number of carbonyl (C=O) groups is 2. The fraction of sp³-hybridized carbons (Fsp3) is 0.481. The van der Waals surface area contributed by atoms with Crippen molar-refractivity contribution in [2.75, 3.05) is 23.3 Å². The summed E-state index contributed by atoms with van der Waals surface area (Å²) < 4.78 is 21.9. The molecule has 2 aliphatic rings. The second kappa shape index (κ2) is 9.32. The number of nitrogens with one attached hydrogen (secondary N) is 1. The lowest BCUT2D eigenvalue weighted by Crippen LogP contribution is -2.46. The van der Waals surface area contributed by atoms with Gasteiger partial charge in [0.15, 0.2) is 5.82 Å². The van der Waals surface area contributed by atoms with Crippen LogP contribution in [-0.4, -0.2) is 56.1 Å². The van der Waals surface area contributed by atoms with Gasteiger partial charge in [0.2, 0.25) is 0 Å². The first kappa shape index (κ1) is 25.0. The van der Waals surface area contributed by atoms with E-state index in [1.807, 2.05) is 40.7 Å². The average Bonchev–Trinajstić information content (AvgIpc) is 3.40. The monoisotopic (exact) mass is 508 g/mol. The van der Waals surface area contributed by atoms with E-state index in [1.54, 1.807) is 26.6 Å². The van der Waals surface area contributed by atoms with Crippen molar-refractivity contribution < 1.29 is 18.7 Å². The maximum atomic E-state index is 14.7. The Morgan fingerprint density at radius 2 is 2.00 bits per heavy atom. The van der Waals surface area contributed by atoms with Crippen LogP contribution >= 0.6 is 0 Å². The van der Waals surface area contributed by atoms with Crippen LogP contribution in [0.5, 0.6) is 0 Å². The number of amides is 3. The van der Waals surface area contributed by atoms with E-state index in [-0.39, 0.29) is 23.7 Å². The molecule has 1 saturated heterocycles. The number of piperidine rings is 1. The zero-order valence-corrected chi connectivity index (χ0v) is 21.9. The number of anilines is 2. The van der Waals surface area contributed by atoms with Crippen LogP contribution in [0.4, 0.5) is 25.5 Å².